The average Bonchev–Trinajstić information content (AvgIpc) is 3.13. The van der Waals surface area contributed by atoms with Crippen molar-refractivity contribution in [1.82, 2.24) is 0 Å². The minimum atomic E-state index is -0.813. The number of hydrogen-bond acceptors (Lipinski definition) is 3. The highest BCUT2D eigenvalue weighted by atomic mass is 16.6. The highest BCUT2D eigenvalue weighted by Crippen LogP contribution is 2.57. The number of terminal acetylenes is 2. The highest BCUT2D eigenvalue weighted by Gasteiger charge is 2.47. The Kier molecular flexibility index (Phi) is 4.80. The molecular formula is C32H22O3. The molecule has 0 fully saturated rings. The summed E-state index contributed by atoms with van der Waals surface area (Å²) in [6.45, 7) is 2.29. The van der Waals surface area contributed by atoms with Crippen LogP contribution in [0.5, 0.6) is 17.2 Å². The summed E-state index contributed by atoms with van der Waals surface area (Å²) in [5.41, 5.74) is 5.71. The van der Waals surface area contributed by atoms with Crippen LogP contribution < -0.4 is 14.2 Å². The van der Waals surface area contributed by atoms with Gasteiger partial charge in [0.2, 0.25) is 5.75 Å². The first-order chi connectivity index (χ1) is 17.2. The van der Waals surface area contributed by atoms with E-state index >= 15 is 0 Å². The molecule has 1 aliphatic heterocycles. The van der Waals surface area contributed by atoms with Crippen molar-refractivity contribution < 1.29 is 14.2 Å². The van der Waals surface area contributed by atoms with Crippen LogP contribution in [0.25, 0.3) is 27.5 Å². The maximum absolute atomic E-state index is 7.00. The highest BCUT2D eigenvalue weighted by molar-refractivity contribution is 5.95. The molecule has 0 N–H and O–H groups in total. The predicted octanol–water partition coefficient (Wildman–Crippen LogP) is 6.58. The maximum Gasteiger partial charge on any atom is 0.205 e. The van der Waals surface area contributed by atoms with E-state index in [9.17, 15) is 0 Å². The van der Waals surface area contributed by atoms with Gasteiger partial charge in [-0.1, -0.05) is 60.4 Å². The zero-order chi connectivity index (χ0) is 24.0. The summed E-state index contributed by atoms with van der Waals surface area (Å²) in [5, 5.41) is 2.35. The Morgan fingerprint density at radius 2 is 1.49 bits per heavy atom. The second-order valence-electron chi connectivity index (χ2n) is 8.71. The Balaban J connectivity index is 1.62. The van der Waals surface area contributed by atoms with Gasteiger partial charge in [0.05, 0.1) is 0 Å². The Hall–Kier alpha value is -4.60. The third-order valence-electron chi connectivity index (χ3n) is 6.70. The fourth-order valence-electron chi connectivity index (χ4n) is 5.24. The molecule has 2 aliphatic rings. The topological polar surface area (TPSA) is 27.7 Å². The van der Waals surface area contributed by atoms with Crippen molar-refractivity contribution in [3.8, 4) is 53.1 Å². The second kappa shape index (κ2) is 8.01. The molecule has 0 saturated heterocycles. The van der Waals surface area contributed by atoms with Gasteiger partial charge in [0.1, 0.15) is 13.2 Å². The Labute approximate surface area is 205 Å². The number of hydrogen-bond donors (Lipinski definition) is 0. The van der Waals surface area contributed by atoms with Gasteiger partial charge in [-0.05, 0) is 64.7 Å². The molecule has 1 spiro atoms. The lowest BCUT2D eigenvalue weighted by molar-refractivity contribution is 0.154. The summed E-state index contributed by atoms with van der Waals surface area (Å²) in [6, 6.07) is 25.1. The van der Waals surface area contributed by atoms with Crippen molar-refractivity contribution in [3.63, 3.8) is 0 Å². The van der Waals surface area contributed by atoms with E-state index in [4.69, 9.17) is 27.1 Å². The molecule has 0 bridgehead atoms. The van der Waals surface area contributed by atoms with Gasteiger partial charge in [-0.25, -0.2) is 0 Å². The van der Waals surface area contributed by atoms with Crippen LogP contribution in [-0.4, -0.2) is 13.2 Å². The molecule has 168 valence electrons. The van der Waals surface area contributed by atoms with Crippen LogP contribution in [0.3, 0.4) is 0 Å². The fraction of sp³-hybridized carbons (Fsp3) is 0.125. The summed E-state index contributed by atoms with van der Waals surface area (Å²) >= 11 is 0. The molecule has 6 rings (SSSR count). The van der Waals surface area contributed by atoms with Gasteiger partial charge in [0.25, 0.3) is 0 Å². The van der Waals surface area contributed by atoms with Crippen LogP contribution >= 0.6 is 0 Å². The van der Waals surface area contributed by atoms with Gasteiger partial charge < -0.3 is 14.2 Å². The second-order valence-corrected chi connectivity index (χ2v) is 8.71. The molecule has 4 aromatic rings. The smallest absolute Gasteiger partial charge is 0.205 e. The summed E-state index contributed by atoms with van der Waals surface area (Å²) in [5.74, 6) is 6.63. The lowest BCUT2D eigenvalue weighted by Gasteiger charge is -2.36. The van der Waals surface area contributed by atoms with Gasteiger partial charge in [0.15, 0.2) is 17.1 Å². The zero-order valence-electron chi connectivity index (χ0n) is 19.3. The predicted molar refractivity (Wildman–Crippen MR) is 140 cm³/mol. The van der Waals surface area contributed by atoms with E-state index in [0.717, 1.165) is 38.8 Å². The molecular weight excluding hydrogens is 432 g/mol. The molecule has 35 heavy (non-hydrogen) atoms. The van der Waals surface area contributed by atoms with Gasteiger partial charge in [-0.15, -0.1) is 12.8 Å². The van der Waals surface area contributed by atoms with Crippen LogP contribution in [0, 0.1) is 24.7 Å². The number of allylic oxidation sites excluding steroid dienone is 1. The average molecular weight is 455 g/mol. The van der Waals surface area contributed by atoms with E-state index in [-0.39, 0.29) is 13.2 Å². The Morgan fingerprint density at radius 1 is 0.771 bits per heavy atom. The monoisotopic (exact) mass is 454 g/mol. The summed E-state index contributed by atoms with van der Waals surface area (Å²) in [6.07, 6.45) is 13.2. The van der Waals surface area contributed by atoms with E-state index in [1.807, 2.05) is 12.1 Å². The first-order valence-electron chi connectivity index (χ1n) is 11.5. The molecule has 4 aromatic carbocycles. The van der Waals surface area contributed by atoms with Crippen LogP contribution in [-0.2, 0) is 5.60 Å². The van der Waals surface area contributed by atoms with E-state index in [2.05, 4.69) is 85.5 Å². The first kappa shape index (κ1) is 21.0. The quantitative estimate of drug-likeness (QED) is 0.326. The minimum absolute atomic E-state index is 0.0831. The minimum Gasteiger partial charge on any atom is -0.477 e. The van der Waals surface area contributed by atoms with Gasteiger partial charge in [-0.3, -0.25) is 0 Å². The Bertz CT molecular complexity index is 1610. The lowest BCUT2D eigenvalue weighted by Crippen LogP contribution is -2.33. The molecule has 1 heterocycles. The maximum atomic E-state index is 7.00. The van der Waals surface area contributed by atoms with Gasteiger partial charge >= 0.3 is 0 Å². The van der Waals surface area contributed by atoms with Crippen molar-refractivity contribution >= 4 is 16.3 Å². The molecule has 3 nitrogen and oxygen atoms in total. The standard InChI is InChI=1S/C32H22O3/c1-4-16-33-29-15-14-24-21(3)20-32(35-30(24)31(29)34-17-5-2)27-13-9-8-12-25(27)26-18-22-10-6-7-11-23(22)19-28(26)32/h1-2,6-15,18-20H,16-17H2,3H3. The largest absolute Gasteiger partial charge is 0.477 e. The molecule has 0 amide bonds. The van der Waals surface area contributed by atoms with Crippen molar-refractivity contribution in [2.24, 2.45) is 0 Å². The molecule has 1 aliphatic carbocycles. The first-order valence-corrected chi connectivity index (χ1v) is 11.5. The molecule has 1 unspecified atom stereocenters. The zero-order valence-corrected chi connectivity index (χ0v) is 19.3. The number of rotatable bonds is 4. The normalized spacial score (nSPS) is 16.8. The van der Waals surface area contributed by atoms with Crippen LogP contribution in [0.15, 0.2) is 78.9 Å². The molecule has 0 aromatic heterocycles. The van der Waals surface area contributed by atoms with Crippen molar-refractivity contribution in [2.45, 2.75) is 12.5 Å². The molecule has 0 radical (unpaired) electrons. The molecule has 0 saturated carbocycles. The van der Waals surface area contributed by atoms with Gasteiger partial charge in [0, 0.05) is 16.7 Å². The van der Waals surface area contributed by atoms with Crippen molar-refractivity contribution in [3.05, 3.63) is 95.6 Å². The van der Waals surface area contributed by atoms with E-state index in [1.54, 1.807) is 0 Å². The van der Waals surface area contributed by atoms with Crippen molar-refractivity contribution in [2.75, 3.05) is 13.2 Å². The van der Waals surface area contributed by atoms with E-state index < -0.39 is 5.60 Å². The molecule has 1 atom stereocenters. The van der Waals surface area contributed by atoms with Gasteiger partial charge in [-0.2, -0.15) is 0 Å². The summed E-state index contributed by atoms with van der Waals surface area (Å²) < 4.78 is 18.8. The van der Waals surface area contributed by atoms with E-state index in [0.29, 0.717) is 17.2 Å². The third-order valence-corrected chi connectivity index (χ3v) is 6.70. The van der Waals surface area contributed by atoms with Crippen LogP contribution in [0.1, 0.15) is 23.6 Å². The fourth-order valence-corrected chi connectivity index (χ4v) is 5.24. The van der Waals surface area contributed by atoms with Crippen LogP contribution in [0.2, 0.25) is 0 Å². The van der Waals surface area contributed by atoms with E-state index in [1.165, 1.54) is 5.39 Å². The SMILES string of the molecule is C#CCOc1ccc2c(c1OCC#C)OC1(C=C2C)c2ccccc2-c2cc3ccccc3cc21. The number of benzene rings is 4. The third kappa shape index (κ3) is 3.10. The molecule has 3 heteroatoms. The summed E-state index contributed by atoms with van der Waals surface area (Å²) in [4.78, 5) is 0. The van der Waals surface area contributed by atoms with Crippen LogP contribution in [0.4, 0.5) is 0 Å². The lowest BCUT2D eigenvalue weighted by atomic mass is 9.84. The number of fused-ring (bicyclic) bond motifs is 7. The summed E-state index contributed by atoms with van der Waals surface area (Å²) in [7, 11) is 0. The van der Waals surface area contributed by atoms with Crippen molar-refractivity contribution in [1.29, 1.82) is 0 Å². The Morgan fingerprint density at radius 3 is 2.29 bits per heavy atom. The number of ether oxygens (including phenoxy) is 3.